The minimum atomic E-state index is -0.931. The van der Waals surface area contributed by atoms with E-state index in [1.165, 1.54) is 11.0 Å². The smallest absolute Gasteiger partial charge is 0.303 e. The van der Waals surface area contributed by atoms with Crippen molar-refractivity contribution in [3.8, 4) is 0 Å². The molecule has 2 rings (SSSR count). The van der Waals surface area contributed by atoms with Crippen LogP contribution in [0.2, 0.25) is 5.02 Å². The minimum Gasteiger partial charge on any atom is -0.481 e. The number of thioether (sulfide) groups is 1. The molecule has 1 aromatic carbocycles. The van der Waals surface area contributed by atoms with Crippen molar-refractivity contribution < 1.29 is 19.1 Å². The van der Waals surface area contributed by atoms with Crippen LogP contribution < -0.4 is 0 Å². The highest BCUT2D eigenvalue weighted by atomic mass is 35.5. The zero-order valence-corrected chi connectivity index (χ0v) is 14.5. The van der Waals surface area contributed by atoms with Gasteiger partial charge in [0.05, 0.1) is 9.93 Å². The van der Waals surface area contributed by atoms with Crippen molar-refractivity contribution in [2.24, 2.45) is 0 Å². The summed E-state index contributed by atoms with van der Waals surface area (Å²) in [6.07, 6.45) is 1.64. The van der Waals surface area contributed by atoms with E-state index in [4.69, 9.17) is 28.9 Å². The van der Waals surface area contributed by atoms with Gasteiger partial charge in [0.2, 0.25) is 0 Å². The molecule has 4 nitrogen and oxygen atoms in total. The highest BCUT2D eigenvalue weighted by Crippen LogP contribution is 2.35. The second-order valence-electron chi connectivity index (χ2n) is 4.92. The highest BCUT2D eigenvalue weighted by Gasteiger charge is 2.32. The first-order valence-corrected chi connectivity index (χ1v) is 8.33. The number of rotatable bonds is 5. The molecule has 1 aliphatic rings. The van der Waals surface area contributed by atoms with E-state index in [-0.39, 0.29) is 34.4 Å². The molecule has 1 aliphatic heterocycles. The van der Waals surface area contributed by atoms with Gasteiger partial charge in [-0.2, -0.15) is 0 Å². The Morgan fingerprint density at radius 1 is 1.52 bits per heavy atom. The van der Waals surface area contributed by atoms with Crippen LogP contribution in [-0.2, 0) is 9.59 Å². The third-order valence-electron chi connectivity index (χ3n) is 3.24. The number of nitrogens with zero attached hydrogens (tertiary/aromatic N) is 1. The van der Waals surface area contributed by atoms with E-state index >= 15 is 0 Å². The van der Waals surface area contributed by atoms with Gasteiger partial charge in [-0.15, -0.1) is 0 Å². The van der Waals surface area contributed by atoms with Gasteiger partial charge in [0, 0.05) is 18.5 Å². The second kappa shape index (κ2) is 7.42. The largest absolute Gasteiger partial charge is 0.481 e. The third kappa shape index (κ3) is 4.10. The summed E-state index contributed by atoms with van der Waals surface area (Å²) in [7, 11) is 0. The van der Waals surface area contributed by atoms with Crippen molar-refractivity contribution in [1.82, 2.24) is 4.90 Å². The molecule has 0 unspecified atom stereocenters. The number of aryl methyl sites for hydroxylation is 1. The monoisotopic (exact) mass is 373 g/mol. The number of hydrogen-bond donors (Lipinski definition) is 1. The summed E-state index contributed by atoms with van der Waals surface area (Å²) in [5, 5.41) is 8.86. The summed E-state index contributed by atoms with van der Waals surface area (Å²) in [4.78, 5) is 24.5. The molecule has 0 radical (unpaired) electrons. The number of carboxylic acids is 1. The predicted molar refractivity (Wildman–Crippen MR) is 92.9 cm³/mol. The van der Waals surface area contributed by atoms with Gasteiger partial charge in [-0.25, -0.2) is 4.39 Å². The summed E-state index contributed by atoms with van der Waals surface area (Å²) in [5.74, 6) is -1.77. The van der Waals surface area contributed by atoms with Crippen molar-refractivity contribution in [1.29, 1.82) is 0 Å². The topological polar surface area (TPSA) is 57.6 Å². The van der Waals surface area contributed by atoms with Crippen molar-refractivity contribution in [2.45, 2.75) is 19.8 Å². The SMILES string of the molecule is Cc1ccc(Cl)c(C=C2SC(=S)N(CCCC(=O)O)C2=O)c1F. The Bertz CT molecular complexity index is 721. The Morgan fingerprint density at radius 2 is 2.22 bits per heavy atom. The second-order valence-corrected chi connectivity index (χ2v) is 7.01. The molecule has 122 valence electrons. The molecule has 1 saturated heterocycles. The molecule has 23 heavy (non-hydrogen) atoms. The first-order valence-electron chi connectivity index (χ1n) is 6.73. The van der Waals surface area contributed by atoms with E-state index in [2.05, 4.69) is 0 Å². The van der Waals surface area contributed by atoms with Crippen LogP contribution in [0.5, 0.6) is 0 Å². The van der Waals surface area contributed by atoms with E-state index < -0.39 is 11.8 Å². The lowest BCUT2D eigenvalue weighted by Gasteiger charge is -2.13. The maximum atomic E-state index is 14.2. The molecule has 1 N–H and O–H groups in total. The van der Waals surface area contributed by atoms with E-state index in [0.29, 0.717) is 16.3 Å². The summed E-state index contributed by atoms with van der Waals surface area (Å²) in [5.41, 5.74) is 0.579. The van der Waals surface area contributed by atoms with Gasteiger partial charge in [0.1, 0.15) is 10.1 Å². The minimum absolute atomic E-state index is 0.0472. The van der Waals surface area contributed by atoms with E-state index in [1.54, 1.807) is 19.1 Å². The summed E-state index contributed by atoms with van der Waals surface area (Å²) in [6.45, 7) is 1.83. The zero-order valence-electron chi connectivity index (χ0n) is 12.1. The quantitative estimate of drug-likeness (QED) is 0.627. The Labute approximate surface area is 147 Å². The fourth-order valence-electron chi connectivity index (χ4n) is 2.02. The number of halogens is 2. The lowest BCUT2D eigenvalue weighted by Crippen LogP contribution is -2.29. The Morgan fingerprint density at radius 3 is 2.87 bits per heavy atom. The molecule has 1 fully saturated rings. The van der Waals surface area contributed by atoms with Gasteiger partial charge in [-0.1, -0.05) is 41.6 Å². The molecule has 1 amide bonds. The molecule has 0 aromatic heterocycles. The van der Waals surface area contributed by atoms with Crippen molar-refractivity contribution in [3.05, 3.63) is 39.0 Å². The van der Waals surface area contributed by atoms with Crippen LogP contribution in [0.3, 0.4) is 0 Å². The Balaban J connectivity index is 2.22. The number of carboxylic acid groups (broad SMARTS) is 1. The maximum Gasteiger partial charge on any atom is 0.303 e. The Hall–Kier alpha value is -1.44. The number of carbonyl (C=O) groups is 2. The third-order valence-corrected chi connectivity index (χ3v) is 4.95. The fourth-order valence-corrected chi connectivity index (χ4v) is 3.51. The molecule has 0 atom stereocenters. The van der Waals surface area contributed by atoms with Gasteiger partial charge in [0.25, 0.3) is 5.91 Å². The van der Waals surface area contributed by atoms with Crippen LogP contribution in [0.4, 0.5) is 4.39 Å². The normalized spacial score (nSPS) is 16.5. The van der Waals surface area contributed by atoms with Crippen LogP contribution in [0.1, 0.15) is 24.0 Å². The van der Waals surface area contributed by atoms with E-state index in [1.807, 2.05) is 0 Å². The summed E-state index contributed by atoms with van der Waals surface area (Å²) >= 11 is 12.2. The standard InChI is InChI=1S/C15H13ClFNO3S2/c1-8-4-5-10(16)9(13(8)17)7-11-14(21)18(15(22)23-11)6-2-3-12(19)20/h4-5,7H,2-3,6H2,1H3,(H,19,20). The molecular formula is C15H13ClFNO3S2. The highest BCUT2D eigenvalue weighted by molar-refractivity contribution is 8.26. The Kier molecular flexibility index (Phi) is 5.78. The number of hydrogen-bond acceptors (Lipinski definition) is 4. The fraction of sp³-hybridized carbons (Fsp3) is 0.267. The molecule has 1 aromatic rings. The average molecular weight is 374 g/mol. The van der Waals surface area contributed by atoms with Crippen molar-refractivity contribution >= 4 is 57.9 Å². The lowest BCUT2D eigenvalue weighted by molar-refractivity contribution is -0.137. The predicted octanol–water partition coefficient (Wildman–Crippen LogP) is 3.85. The van der Waals surface area contributed by atoms with Gasteiger partial charge in [-0.05, 0) is 31.1 Å². The van der Waals surface area contributed by atoms with Crippen LogP contribution in [-0.4, -0.2) is 32.7 Å². The van der Waals surface area contributed by atoms with Crippen molar-refractivity contribution in [3.63, 3.8) is 0 Å². The lowest BCUT2D eigenvalue weighted by atomic mass is 10.1. The van der Waals surface area contributed by atoms with Gasteiger partial charge >= 0.3 is 5.97 Å². The first kappa shape index (κ1) is 17.9. The molecule has 0 saturated carbocycles. The number of benzene rings is 1. The molecular weight excluding hydrogens is 361 g/mol. The zero-order chi connectivity index (χ0) is 17.1. The van der Waals surface area contributed by atoms with Crippen LogP contribution in [0, 0.1) is 12.7 Å². The van der Waals surface area contributed by atoms with Crippen LogP contribution >= 0.6 is 35.6 Å². The number of amides is 1. The van der Waals surface area contributed by atoms with Crippen LogP contribution in [0.25, 0.3) is 6.08 Å². The average Bonchev–Trinajstić information content (AvgIpc) is 2.74. The van der Waals surface area contributed by atoms with Crippen LogP contribution in [0.15, 0.2) is 17.0 Å². The molecule has 0 bridgehead atoms. The number of carbonyl (C=O) groups excluding carboxylic acids is 1. The molecule has 8 heteroatoms. The van der Waals surface area contributed by atoms with E-state index in [9.17, 15) is 14.0 Å². The molecule has 1 heterocycles. The van der Waals surface area contributed by atoms with Gasteiger partial charge in [0.15, 0.2) is 0 Å². The number of thiocarbonyl (C=S) groups is 1. The first-order chi connectivity index (χ1) is 10.8. The number of aliphatic carboxylic acids is 1. The summed E-state index contributed by atoms with van der Waals surface area (Å²) in [6, 6.07) is 3.13. The van der Waals surface area contributed by atoms with E-state index in [0.717, 1.165) is 11.8 Å². The van der Waals surface area contributed by atoms with Gasteiger partial charge < -0.3 is 5.11 Å². The molecule has 0 aliphatic carbocycles. The van der Waals surface area contributed by atoms with Crippen molar-refractivity contribution in [2.75, 3.05) is 6.54 Å². The summed E-state index contributed by atoms with van der Waals surface area (Å²) < 4.78 is 14.5. The maximum absolute atomic E-state index is 14.2. The molecule has 0 spiro atoms. The van der Waals surface area contributed by atoms with Gasteiger partial charge in [-0.3, -0.25) is 14.5 Å².